The number of carbonyl (C=O) groups is 2. The maximum Gasteiger partial charge on any atom is 0.220 e. The van der Waals surface area contributed by atoms with E-state index < -0.39 is 0 Å². The quantitative estimate of drug-likeness (QED) is 0.846. The highest BCUT2D eigenvalue weighted by atomic mass is 35.5. The van der Waals surface area contributed by atoms with Crippen molar-refractivity contribution in [1.29, 1.82) is 0 Å². The zero-order chi connectivity index (χ0) is 12.7. The minimum absolute atomic E-state index is 0.0370. The number of amides is 1. The maximum absolute atomic E-state index is 11.3. The van der Waals surface area contributed by atoms with Gasteiger partial charge in [-0.2, -0.15) is 0 Å². The molecule has 1 aromatic carbocycles. The first kappa shape index (κ1) is 13.7. The van der Waals surface area contributed by atoms with Crippen LogP contribution in [0.5, 0.6) is 0 Å². The molecular formula is C13H16ClNO2. The van der Waals surface area contributed by atoms with Gasteiger partial charge in [0.05, 0.1) is 0 Å². The molecule has 0 aliphatic carbocycles. The van der Waals surface area contributed by atoms with Crippen molar-refractivity contribution >= 4 is 23.3 Å². The van der Waals surface area contributed by atoms with Crippen LogP contribution in [-0.4, -0.2) is 18.2 Å². The Labute approximate surface area is 106 Å². The fourth-order valence-electron chi connectivity index (χ4n) is 1.42. The second kappa shape index (κ2) is 7.07. The standard InChI is InChI=1S/C13H16ClNO2/c1-10(16)5-6-13(17)15-8-7-11-3-2-4-12(14)9-11/h2-4,9H,5-8H2,1H3,(H,15,17). The number of hydrogen-bond acceptors (Lipinski definition) is 2. The van der Waals surface area contributed by atoms with Crippen molar-refractivity contribution in [2.45, 2.75) is 26.2 Å². The molecular weight excluding hydrogens is 238 g/mol. The molecule has 0 aromatic heterocycles. The maximum atomic E-state index is 11.3. The minimum atomic E-state index is -0.0813. The van der Waals surface area contributed by atoms with E-state index in [1.54, 1.807) is 0 Å². The highest BCUT2D eigenvalue weighted by Crippen LogP contribution is 2.10. The van der Waals surface area contributed by atoms with Gasteiger partial charge in [0.15, 0.2) is 0 Å². The molecule has 0 atom stereocenters. The van der Waals surface area contributed by atoms with E-state index in [4.69, 9.17) is 11.6 Å². The Hall–Kier alpha value is -1.35. The Morgan fingerprint density at radius 3 is 2.71 bits per heavy atom. The molecule has 0 bridgehead atoms. The molecule has 0 aliphatic rings. The molecule has 3 nitrogen and oxygen atoms in total. The Bertz CT molecular complexity index is 404. The fourth-order valence-corrected chi connectivity index (χ4v) is 1.63. The van der Waals surface area contributed by atoms with E-state index in [9.17, 15) is 9.59 Å². The third-order valence-corrected chi connectivity index (χ3v) is 2.56. The lowest BCUT2D eigenvalue weighted by molar-refractivity contribution is -0.124. The first-order chi connectivity index (χ1) is 8.08. The molecule has 92 valence electrons. The number of rotatable bonds is 6. The van der Waals surface area contributed by atoms with Crippen molar-refractivity contribution in [2.75, 3.05) is 6.54 Å². The van der Waals surface area contributed by atoms with Gasteiger partial charge in [-0.05, 0) is 31.0 Å². The number of halogens is 1. The van der Waals surface area contributed by atoms with Gasteiger partial charge < -0.3 is 10.1 Å². The van der Waals surface area contributed by atoms with Crippen LogP contribution in [0, 0.1) is 0 Å². The summed E-state index contributed by atoms with van der Waals surface area (Å²) in [4.78, 5) is 22.0. The normalized spacial score (nSPS) is 10.0. The third-order valence-electron chi connectivity index (χ3n) is 2.33. The largest absolute Gasteiger partial charge is 0.356 e. The zero-order valence-corrected chi connectivity index (χ0v) is 10.6. The highest BCUT2D eigenvalue weighted by molar-refractivity contribution is 6.30. The van der Waals surface area contributed by atoms with Gasteiger partial charge in [-0.25, -0.2) is 0 Å². The van der Waals surface area contributed by atoms with Crippen molar-refractivity contribution in [2.24, 2.45) is 0 Å². The average Bonchev–Trinajstić information content (AvgIpc) is 2.26. The van der Waals surface area contributed by atoms with Crippen molar-refractivity contribution in [1.82, 2.24) is 5.32 Å². The van der Waals surface area contributed by atoms with E-state index in [1.807, 2.05) is 24.3 Å². The number of hydrogen-bond donors (Lipinski definition) is 1. The SMILES string of the molecule is CC(=O)CCC(=O)NCCc1cccc(Cl)c1. The van der Waals surface area contributed by atoms with Crippen LogP contribution in [0.2, 0.25) is 5.02 Å². The molecule has 0 spiro atoms. The Balaban J connectivity index is 2.23. The van der Waals surface area contributed by atoms with E-state index in [2.05, 4.69) is 5.32 Å². The van der Waals surface area contributed by atoms with Gasteiger partial charge in [-0.1, -0.05) is 23.7 Å². The number of carbonyl (C=O) groups excluding carboxylic acids is 2. The Kier molecular flexibility index (Phi) is 5.70. The number of ketones is 1. The molecule has 1 N–H and O–H groups in total. The molecule has 0 fully saturated rings. The topological polar surface area (TPSA) is 46.2 Å². The van der Waals surface area contributed by atoms with Crippen LogP contribution < -0.4 is 5.32 Å². The molecule has 1 aromatic rings. The molecule has 0 radical (unpaired) electrons. The molecule has 0 aliphatic heterocycles. The summed E-state index contributed by atoms with van der Waals surface area (Å²) in [5.74, 6) is -0.0442. The van der Waals surface area contributed by atoms with Crippen LogP contribution in [0.25, 0.3) is 0 Å². The van der Waals surface area contributed by atoms with Gasteiger partial charge >= 0.3 is 0 Å². The predicted octanol–water partition coefficient (Wildman–Crippen LogP) is 2.37. The first-order valence-electron chi connectivity index (χ1n) is 5.58. The molecule has 0 saturated heterocycles. The molecule has 0 heterocycles. The lowest BCUT2D eigenvalue weighted by Gasteiger charge is -2.04. The summed E-state index contributed by atoms with van der Waals surface area (Å²) in [7, 11) is 0. The van der Waals surface area contributed by atoms with Crippen LogP contribution in [0.15, 0.2) is 24.3 Å². The van der Waals surface area contributed by atoms with Gasteiger partial charge in [-0.15, -0.1) is 0 Å². The Morgan fingerprint density at radius 1 is 1.29 bits per heavy atom. The van der Waals surface area contributed by atoms with E-state index in [1.165, 1.54) is 6.92 Å². The molecule has 1 amide bonds. The van der Waals surface area contributed by atoms with Crippen molar-refractivity contribution in [3.63, 3.8) is 0 Å². The highest BCUT2D eigenvalue weighted by Gasteiger charge is 2.02. The van der Waals surface area contributed by atoms with E-state index in [0.29, 0.717) is 18.0 Å². The van der Waals surface area contributed by atoms with Gasteiger partial charge in [0.25, 0.3) is 0 Å². The average molecular weight is 254 g/mol. The van der Waals surface area contributed by atoms with Crippen LogP contribution in [0.4, 0.5) is 0 Å². The second-order valence-corrected chi connectivity index (χ2v) is 4.37. The van der Waals surface area contributed by atoms with E-state index >= 15 is 0 Å². The number of Topliss-reactive ketones (excluding diaryl/α,β-unsaturated/α-hetero) is 1. The lowest BCUT2D eigenvalue weighted by Crippen LogP contribution is -2.25. The molecule has 4 heteroatoms. The lowest BCUT2D eigenvalue weighted by atomic mass is 10.1. The van der Waals surface area contributed by atoms with E-state index in [-0.39, 0.29) is 18.1 Å². The summed E-state index contributed by atoms with van der Waals surface area (Å²) in [6, 6.07) is 7.54. The summed E-state index contributed by atoms with van der Waals surface area (Å²) < 4.78 is 0. The summed E-state index contributed by atoms with van der Waals surface area (Å²) in [6.07, 6.45) is 1.32. The summed E-state index contributed by atoms with van der Waals surface area (Å²) >= 11 is 5.85. The summed E-state index contributed by atoms with van der Waals surface area (Å²) in [5, 5.41) is 3.47. The predicted molar refractivity (Wildman–Crippen MR) is 68.1 cm³/mol. The Morgan fingerprint density at radius 2 is 2.06 bits per heavy atom. The van der Waals surface area contributed by atoms with Gasteiger partial charge in [-0.3, -0.25) is 4.79 Å². The van der Waals surface area contributed by atoms with Crippen molar-refractivity contribution < 1.29 is 9.59 Å². The monoisotopic (exact) mass is 253 g/mol. The summed E-state index contributed by atoms with van der Waals surface area (Å²) in [6.45, 7) is 2.05. The smallest absolute Gasteiger partial charge is 0.220 e. The second-order valence-electron chi connectivity index (χ2n) is 3.93. The molecule has 1 rings (SSSR count). The van der Waals surface area contributed by atoms with Crippen LogP contribution in [-0.2, 0) is 16.0 Å². The molecule has 17 heavy (non-hydrogen) atoms. The van der Waals surface area contributed by atoms with Gasteiger partial charge in [0, 0.05) is 24.4 Å². The van der Waals surface area contributed by atoms with Crippen molar-refractivity contribution in [3.05, 3.63) is 34.9 Å². The van der Waals surface area contributed by atoms with Crippen LogP contribution >= 0.6 is 11.6 Å². The van der Waals surface area contributed by atoms with Crippen LogP contribution in [0.1, 0.15) is 25.3 Å². The minimum Gasteiger partial charge on any atom is -0.356 e. The van der Waals surface area contributed by atoms with Crippen LogP contribution in [0.3, 0.4) is 0 Å². The number of nitrogens with one attached hydrogen (secondary N) is 1. The molecule has 0 unspecified atom stereocenters. The van der Waals surface area contributed by atoms with Gasteiger partial charge in [0.2, 0.25) is 5.91 Å². The van der Waals surface area contributed by atoms with E-state index in [0.717, 1.165) is 12.0 Å². The molecule has 0 saturated carbocycles. The first-order valence-corrected chi connectivity index (χ1v) is 5.96. The summed E-state index contributed by atoms with van der Waals surface area (Å²) in [5.41, 5.74) is 1.09. The van der Waals surface area contributed by atoms with Gasteiger partial charge in [0.1, 0.15) is 5.78 Å². The third kappa shape index (κ3) is 6.07. The van der Waals surface area contributed by atoms with Crippen molar-refractivity contribution in [3.8, 4) is 0 Å². The fraction of sp³-hybridized carbons (Fsp3) is 0.385. The number of benzene rings is 1. The zero-order valence-electron chi connectivity index (χ0n) is 9.83.